The Morgan fingerprint density at radius 1 is 1.60 bits per heavy atom. The second kappa shape index (κ2) is 3.82. The lowest BCUT2D eigenvalue weighted by atomic mass is 10.3. The summed E-state index contributed by atoms with van der Waals surface area (Å²) in [6.45, 7) is 1.90. The van der Waals surface area contributed by atoms with Gasteiger partial charge >= 0.3 is 0 Å². The predicted molar refractivity (Wildman–Crippen MR) is 52.7 cm³/mol. The molecule has 2 aromatic heterocycles. The third kappa shape index (κ3) is 2.21. The van der Waals surface area contributed by atoms with Crippen molar-refractivity contribution >= 4 is 17.3 Å². The quantitative estimate of drug-likeness (QED) is 0.728. The summed E-state index contributed by atoms with van der Waals surface area (Å²) in [5, 5.41) is 16.2. The Hall–Kier alpha value is -1.69. The maximum atomic E-state index is 10.4. The van der Waals surface area contributed by atoms with E-state index in [0.29, 0.717) is 5.56 Å². The van der Waals surface area contributed by atoms with Crippen LogP contribution in [0.5, 0.6) is 0 Å². The summed E-state index contributed by atoms with van der Waals surface area (Å²) < 4.78 is 1.61. The number of aryl methyl sites for hydroxylation is 1. The summed E-state index contributed by atoms with van der Waals surface area (Å²) in [6.07, 6.45) is 4.78. The van der Waals surface area contributed by atoms with Crippen LogP contribution in [0, 0.1) is 6.92 Å². The van der Waals surface area contributed by atoms with E-state index in [1.54, 1.807) is 17.1 Å². The van der Waals surface area contributed by atoms with E-state index >= 15 is 0 Å². The van der Waals surface area contributed by atoms with E-state index in [4.69, 9.17) is 0 Å². The van der Waals surface area contributed by atoms with E-state index in [2.05, 4.69) is 10.1 Å². The van der Waals surface area contributed by atoms with Gasteiger partial charge < -0.3 is 9.90 Å². The number of carboxylic acid groups (broad SMARTS) is 1. The van der Waals surface area contributed by atoms with Gasteiger partial charge in [-0.15, -0.1) is 0 Å². The van der Waals surface area contributed by atoms with Crippen LogP contribution in [0.25, 0.3) is 5.00 Å². The fourth-order valence-corrected chi connectivity index (χ4v) is 1.90. The molecule has 0 saturated carbocycles. The van der Waals surface area contributed by atoms with Crippen molar-refractivity contribution < 1.29 is 9.90 Å². The van der Waals surface area contributed by atoms with Gasteiger partial charge in [0, 0.05) is 18.6 Å². The highest BCUT2D eigenvalue weighted by atomic mass is 32.1. The third-order valence-corrected chi connectivity index (χ3v) is 2.72. The van der Waals surface area contributed by atoms with Crippen LogP contribution in [0.2, 0.25) is 0 Å². The molecule has 0 spiro atoms. The van der Waals surface area contributed by atoms with Gasteiger partial charge in [-0.1, -0.05) is 11.3 Å². The number of hydrogen-bond donors (Lipinski definition) is 0. The van der Waals surface area contributed by atoms with Gasteiger partial charge in [0.1, 0.15) is 5.00 Å². The van der Waals surface area contributed by atoms with Gasteiger partial charge in [-0.05, 0) is 12.5 Å². The van der Waals surface area contributed by atoms with Crippen molar-refractivity contribution in [1.29, 1.82) is 0 Å². The Balaban J connectivity index is 2.23. The zero-order valence-corrected chi connectivity index (χ0v) is 8.82. The average Bonchev–Trinajstić information content (AvgIpc) is 2.72. The molecule has 0 aliphatic heterocycles. The molecule has 0 radical (unpaired) electrons. The first-order chi connectivity index (χ1) is 7.15. The summed E-state index contributed by atoms with van der Waals surface area (Å²) >= 11 is 1.50. The minimum atomic E-state index is -1.10. The fourth-order valence-electron chi connectivity index (χ4n) is 1.19. The molecule has 0 aromatic carbocycles. The number of nitrogens with zero attached hydrogens (tertiary/aromatic N) is 3. The van der Waals surface area contributed by atoms with E-state index in [9.17, 15) is 9.90 Å². The number of carboxylic acids is 1. The van der Waals surface area contributed by atoms with Crippen LogP contribution in [0.1, 0.15) is 10.6 Å². The molecular formula is C9H8N3O2S-. The number of aliphatic carboxylic acids is 1. The molecule has 2 heterocycles. The first-order valence-corrected chi connectivity index (χ1v) is 5.13. The SMILES string of the molecule is Cc1ncc(-n2cc(CC(=O)[O-])cn2)s1. The number of thiazole rings is 1. The fraction of sp³-hybridized carbons (Fsp3) is 0.222. The zero-order chi connectivity index (χ0) is 10.8. The third-order valence-electron chi connectivity index (χ3n) is 1.82. The summed E-state index contributed by atoms with van der Waals surface area (Å²) in [5.41, 5.74) is 0.626. The van der Waals surface area contributed by atoms with Crippen LogP contribution in [0.15, 0.2) is 18.6 Å². The molecule has 0 aliphatic carbocycles. The first-order valence-electron chi connectivity index (χ1n) is 4.31. The van der Waals surface area contributed by atoms with Crippen LogP contribution < -0.4 is 5.11 Å². The Bertz CT molecular complexity index is 489. The van der Waals surface area contributed by atoms with Gasteiger partial charge in [0.2, 0.25) is 0 Å². The lowest BCUT2D eigenvalue weighted by Crippen LogP contribution is -2.24. The van der Waals surface area contributed by atoms with Crippen LogP contribution >= 0.6 is 11.3 Å². The van der Waals surface area contributed by atoms with Crippen LogP contribution in [-0.4, -0.2) is 20.7 Å². The van der Waals surface area contributed by atoms with Gasteiger partial charge in [-0.2, -0.15) is 5.10 Å². The molecule has 15 heavy (non-hydrogen) atoms. The minimum absolute atomic E-state index is 0.113. The van der Waals surface area contributed by atoms with Crippen LogP contribution in [0.3, 0.4) is 0 Å². The van der Waals surface area contributed by atoms with Crippen molar-refractivity contribution in [3.63, 3.8) is 0 Å². The molecule has 0 fully saturated rings. The molecule has 2 aromatic rings. The number of carbonyl (C=O) groups is 1. The molecule has 78 valence electrons. The van der Waals surface area contributed by atoms with Crippen LogP contribution in [-0.2, 0) is 11.2 Å². The number of hydrogen-bond acceptors (Lipinski definition) is 5. The minimum Gasteiger partial charge on any atom is -0.550 e. The number of aromatic nitrogens is 3. The van der Waals surface area contributed by atoms with Gasteiger partial charge in [0.15, 0.2) is 0 Å². The lowest BCUT2D eigenvalue weighted by Gasteiger charge is -1.96. The van der Waals surface area contributed by atoms with Crippen LogP contribution in [0.4, 0.5) is 0 Å². The highest BCUT2D eigenvalue weighted by Crippen LogP contribution is 2.16. The van der Waals surface area contributed by atoms with Gasteiger partial charge in [-0.25, -0.2) is 9.67 Å². The maximum absolute atomic E-state index is 10.4. The van der Waals surface area contributed by atoms with E-state index in [1.807, 2.05) is 6.92 Å². The second-order valence-corrected chi connectivity index (χ2v) is 4.27. The molecule has 0 amide bonds. The smallest absolute Gasteiger partial charge is 0.137 e. The Morgan fingerprint density at radius 2 is 2.40 bits per heavy atom. The zero-order valence-electron chi connectivity index (χ0n) is 8.01. The van der Waals surface area contributed by atoms with E-state index in [1.165, 1.54) is 17.5 Å². The van der Waals surface area contributed by atoms with Gasteiger partial charge in [0.05, 0.1) is 17.4 Å². The van der Waals surface area contributed by atoms with Crippen molar-refractivity contribution in [2.45, 2.75) is 13.3 Å². The molecule has 0 bridgehead atoms. The standard InChI is InChI=1S/C9H9N3O2S/c1-6-10-4-8(15-6)12-5-7(3-11-12)2-9(13)14/h3-5H,2H2,1H3,(H,13,14)/p-1. The predicted octanol–water partition coefficient (Wildman–Crippen LogP) is -0.0704. The molecule has 0 saturated heterocycles. The molecule has 0 atom stereocenters. The largest absolute Gasteiger partial charge is 0.550 e. The van der Waals surface area contributed by atoms with Crippen molar-refractivity contribution in [2.24, 2.45) is 0 Å². The lowest BCUT2D eigenvalue weighted by molar-refractivity contribution is -0.304. The molecule has 5 nitrogen and oxygen atoms in total. The van der Waals surface area contributed by atoms with E-state index in [-0.39, 0.29) is 6.42 Å². The molecule has 2 rings (SSSR count). The summed E-state index contributed by atoms with van der Waals surface area (Å²) in [7, 11) is 0. The van der Waals surface area contributed by atoms with Crippen molar-refractivity contribution in [3.8, 4) is 5.00 Å². The maximum Gasteiger partial charge on any atom is 0.137 e. The first kappa shape index (κ1) is 9.85. The summed E-state index contributed by atoms with van der Waals surface area (Å²) in [4.78, 5) is 14.5. The van der Waals surface area contributed by atoms with Crippen molar-refractivity contribution in [1.82, 2.24) is 14.8 Å². The Morgan fingerprint density at radius 3 is 3.00 bits per heavy atom. The average molecular weight is 222 g/mol. The summed E-state index contributed by atoms with van der Waals surface area (Å²) in [6, 6.07) is 0. The molecule has 0 aliphatic rings. The normalized spacial score (nSPS) is 10.5. The topological polar surface area (TPSA) is 70.8 Å². The second-order valence-electron chi connectivity index (χ2n) is 3.06. The molecule has 0 N–H and O–H groups in total. The number of carbonyl (C=O) groups excluding carboxylic acids is 1. The van der Waals surface area contributed by atoms with Crippen molar-refractivity contribution in [3.05, 3.63) is 29.2 Å². The van der Waals surface area contributed by atoms with E-state index < -0.39 is 5.97 Å². The van der Waals surface area contributed by atoms with E-state index in [0.717, 1.165) is 10.0 Å². The Kier molecular flexibility index (Phi) is 2.51. The monoisotopic (exact) mass is 222 g/mol. The van der Waals surface area contributed by atoms with Gasteiger partial charge in [-0.3, -0.25) is 0 Å². The molecular weight excluding hydrogens is 214 g/mol. The van der Waals surface area contributed by atoms with Crippen molar-refractivity contribution in [2.75, 3.05) is 0 Å². The molecule has 6 heteroatoms. The Labute approximate surface area is 90.0 Å². The number of rotatable bonds is 3. The highest BCUT2D eigenvalue weighted by molar-refractivity contribution is 7.14. The van der Waals surface area contributed by atoms with Gasteiger partial charge in [0.25, 0.3) is 0 Å². The highest BCUT2D eigenvalue weighted by Gasteiger charge is 2.03. The summed E-state index contributed by atoms with van der Waals surface area (Å²) in [5.74, 6) is -1.10. The molecule has 0 unspecified atom stereocenters.